The van der Waals surface area contributed by atoms with E-state index in [2.05, 4.69) is 24.3 Å². The highest BCUT2D eigenvalue weighted by atomic mass is 16.6. The maximum atomic E-state index is 11.0. The molecule has 0 atom stereocenters. The first-order valence-electron chi connectivity index (χ1n) is 7.20. The van der Waals surface area contributed by atoms with E-state index in [1.54, 1.807) is 25.3 Å². The quantitative estimate of drug-likeness (QED) is 0.624. The Morgan fingerprint density at radius 2 is 2.18 bits per heavy atom. The molecule has 0 unspecified atom stereocenters. The molecule has 0 spiro atoms. The third-order valence-electron chi connectivity index (χ3n) is 2.93. The van der Waals surface area contributed by atoms with Crippen molar-refractivity contribution in [2.45, 2.75) is 27.3 Å². The Labute approximate surface area is 129 Å². The second kappa shape index (κ2) is 6.93. The minimum atomic E-state index is -0.449. The number of nitro benzene ring substituents is 1. The summed E-state index contributed by atoms with van der Waals surface area (Å²) >= 11 is 0. The zero-order chi connectivity index (χ0) is 16.1. The van der Waals surface area contributed by atoms with E-state index >= 15 is 0 Å². The van der Waals surface area contributed by atoms with Crippen molar-refractivity contribution in [2.24, 2.45) is 5.92 Å². The Morgan fingerprint density at radius 1 is 1.41 bits per heavy atom. The summed E-state index contributed by atoms with van der Waals surface area (Å²) < 4.78 is 7.19. The van der Waals surface area contributed by atoms with Gasteiger partial charge in [-0.3, -0.25) is 14.8 Å². The molecule has 0 fully saturated rings. The SMILES string of the molecule is CCOc1cc(Nc2cnn(CC(C)C)c2)ccc1[N+](=O)[O-]. The summed E-state index contributed by atoms with van der Waals surface area (Å²) in [4.78, 5) is 10.5. The monoisotopic (exact) mass is 304 g/mol. The van der Waals surface area contributed by atoms with Gasteiger partial charge < -0.3 is 10.1 Å². The number of nitro groups is 1. The van der Waals surface area contributed by atoms with Crippen LogP contribution in [0.3, 0.4) is 0 Å². The Bertz CT molecular complexity index is 652. The van der Waals surface area contributed by atoms with E-state index in [1.165, 1.54) is 6.07 Å². The highest BCUT2D eigenvalue weighted by Crippen LogP contribution is 2.31. The molecule has 1 aromatic carbocycles. The molecular weight excluding hydrogens is 284 g/mol. The number of benzene rings is 1. The third-order valence-corrected chi connectivity index (χ3v) is 2.93. The molecular formula is C15H20N4O3. The summed E-state index contributed by atoms with van der Waals surface area (Å²) in [5, 5.41) is 18.4. The van der Waals surface area contributed by atoms with Crippen LogP contribution in [0.2, 0.25) is 0 Å². The predicted molar refractivity (Wildman–Crippen MR) is 84.6 cm³/mol. The molecule has 0 aliphatic heterocycles. The zero-order valence-corrected chi connectivity index (χ0v) is 12.9. The Balaban J connectivity index is 2.17. The van der Waals surface area contributed by atoms with Crippen molar-refractivity contribution >= 4 is 17.1 Å². The van der Waals surface area contributed by atoms with Gasteiger partial charge in [0, 0.05) is 30.6 Å². The molecule has 0 aliphatic carbocycles. The highest BCUT2D eigenvalue weighted by molar-refractivity contribution is 5.64. The van der Waals surface area contributed by atoms with Crippen molar-refractivity contribution in [1.29, 1.82) is 0 Å². The van der Waals surface area contributed by atoms with Crippen LogP contribution in [-0.2, 0) is 6.54 Å². The van der Waals surface area contributed by atoms with Crippen LogP contribution in [0.4, 0.5) is 17.1 Å². The molecule has 118 valence electrons. The first-order valence-corrected chi connectivity index (χ1v) is 7.20. The smallest absolute Gasteiger partial charge is 0.311 e. The van der Waals surface area contributed by atoms with Crippen LogP contribution < -0.4 is 10.1 Å². The van der Waals surface area contributed by atoms with Gasteiger partial charge in [0.2, 0.25) is 0 Å². The highest BCUT2D eigenvalue weighted by Gasteiger charge is 2.15. The summed E-state index contributed by atoms with van der Waals surface area (Å²) in [6.07, 6.45) is 3.63. The summed E-state index contributed by atoms with van der Waals surface area (Å²) in [6.45, 7) is 7.25. The maximum Gasteiger partial charge on any atom is 0.311 e. The van der Waals surface area contributed by atoms with Gasteiger partial charge in [-0.25, -0.2) is 0 Å². The lowest BCUT2D eigenvalue weighted by atomic mass is 10.2. The van der Waals surface area contributed by atoms with Crippen LogP contribution in [0.5, 0.6) is 5.75 Å². The van der Waals surface area contributed by atoms with Crippen LogP contribution in [-0.4, -0.2) is 21.3 Å². The number of ether oxygens (including phenoxy) is 1. The predicted octanol–water partition coefficient (Wildman–Crippen LogP) is 3.59. The van der Waals surface area contributed by atoms with E-state index < -0.39 is 4.92 Å². The minimum Gasteiger partial charge on any atom is -0.487 e. The first-order chi connectivity index (χ1) is 10.5. The summed E-state index contributed by atoms with van der Waals surface area (Å²) in [5.74, 6) is 0.767. The molecule has 2 rings (SSSR count). The Kier molecular flexibility index (Phi) is 4.98. The van der Waals surface area contributed by atoms with Crippen molar-refractivity contribution in [3.8, 4) is 5.75 Å². The molecule has 7 heteroatoms. The van der Waals surface area contributed by atoms with Crippen molar-refractivity contribution < 1.29 is 9.66 Å². The van der Waals surface area contributed by atoms with Crippen LogP contribution in [0.1, 0.15) is 20.8 Å². The van der Waals surface area contributed by atoms with E-state index in [9.17, 15) is 10.1 Å². The lowest BCUT2D eigenvalue weighted by Gasteiger charge is -2.08. The fraction of sp³-hybridized carbons (Fsp3) is 0.400. The molecule has 0 bridgehead atoms. The van der Waals surface area contributed by atoms with Gasteiger partial charge >= 0.3 is 5.69 Å². The average molecular weight is 304 g/mol. The van der Waals surface area contributed by atoms with E-state index in [1.807, 2.05) is 10.9 Å². The number of nitrogens with zero attached hydrogens (tertiary/aromatic N) is 3. The normalized spacial score (nSPS) is 10.7. The molecule has 0 saturated carbocycles. The molecule has 1 N–H and O–H groups in total. The molecule has 1 heterocycles. The lowest BCUT2D eigenvalue weighted by Crippen LogP contribution is -2.04. The van der Waals surface area contributed by atoms with Crippen molar-refractivity contribution in [1.82, 2.24) is 9.78 Å². The fourth-order valence-electron chi connectivity index (χ4n) is 2.08. The van der Waals surface area contributed by atoms with Crippen molar-refractivity contribution in [3.63, 3.8) is 0 Å². The van der Waals surface area contributed by atoms with E-state index in [0.717, 1.165) is 17.9 Å². The minimum absolute atomic E-state index is 0.0390. The second-order valence-corrected chi connectivity index (χ2v) is 5.34. The van der Waals surface area contributed by atoms with Crippen molar-refractivity contribution in [2.75, 3.05) is 11.9 Å². The van der Waals surface area contributed by atoms with Crippen LogP contribution in [0, 0.1) is 16.0 Å². The topological polar surface area (TPSA) is 82.2 Å². The first kappa shape index (κ1) is 15.8. The molecule has 0 saturated heterocycles. The van der Waals surface area contributed by atoms with Gasteiger partial charge in [-0.1, -0.05) is 13.8 Å². The number of aromatic nitrogens is 2. The van der Waals surface area contributed by atoms with Gasteiger partial charge in [0.15, 0.2) is 5.75 Å². The molecule has 0 amide bonds. The summed E-state index contributed by atoms with van der Waals surface area (Å²) in [7, 11) is 0. The molecule has 1 aromatic heterocycles. The van der Waals surface area contributed by atoms with Gasteiger partial charge in [-0.05, 0) is 18.9 Å². The van der Waals surface area contributed by atoms with Crippen LogP contribution in [0.15, 0.2) is 30.6 Å². The zero-order valence-electron chi connectivity index (χ0n) is 12.9. The van der Waals surface area contributed by atoms with E-state index in [0.29, 0.717) is 12.5 Å². The maximum absolute atomic E-state index is 11.0. The van der Waals surface area contributed by atoms with Gasteiger partial charge in [-0.15, -0.1) is 0 Å². The van der Waals surface area contributed by atoms with Crippen molar-refractivity contribution in [3.05, 3.63) is 40.7 Å². The molecule has 7 nitrogen and oxygen atoms in total. The molecule has 0 aliphatic rings. The molecule has 0 radical (unpaired) electrons. The molecule has 2 aromatic rings. The van der Waals surface area contributed by atoms with Crippen LogP contribution >= 0.6 is 0 Å². The largest absolute Gasteiger partial charge is 0.487 e. The number of hydrogen-bond donors (Lipinski definition) is 1. The average Bonchev–Trinajstić information content (AvgIpc) is 2.85. The summed E-state index contributed by atoms with van der Waals surface area (Å²) in [6, 6.07) is 4.72. The Hall–Kier alpha value is -2.57. The van der Waals surface area contributed by atoms with E-state index in [4.69, 9.17) is 4.74 Å². The number of anilines is 2. The van der Waals surface area contributed by atoms with E-state index in [-0.39, 0.29) is 11.4 Å². The van der Waals surface area contributed by atoms with Crippen LogP contribution in [0.25, 0.3) is 0 Å². The fourth-order valence-corrected chi connectivity index (χ4v) is 2.08. The van der Waals surface area contributed by atoms with Gasteiger partial charge in [0.05, 0.1) is 23.4 Å². The third kappa shape index (κ3) is 3.97. The van der Waals surface area contributed by atoms with Gasteiger partial charge in [-0.2, -0.15) is 5.10 Å². The van der Waals surface area contributed by atoms with Gasteiger partial charge in [0.1, 0.15) is 0 Å². The number of hydrogen-bond acceptors (Lipinski definition) is 5. The number of nitrogens with one attached hydrogen (secondary N) is 1. The van der Waals surface area contributed by atoms with Gasteiger partial charge in [0.25, 0.3) is 0 Å². The lowest BCUT2D eigenvalue weighted by molar-refractivity contribution is -0.385. The summed E-state index contributed by atoms with van der Waals surface area (Å²) in [5.41, 5.74) is 1.51. The molecule has 22 heavy (non-hydrogen) atoms. The number of rotatable bonds is 7. The standard InChI is InChI=1S/C15H20N4O3/c1-4-22-15-7-12(5-6-14(15)19(20)21)17-13-8-16-18(10-13)9-11(2)3/h5-8,10-11,17H,4,9H2,1-3H3. The Morgan fingerprint density at radius 3 is 2.82 bits per heavy atom. The second-order valence-electron chi connectivity index (χ2n) is 5.34.